The van der Waals surface area contributed by atoms with Crippen LogP contribution in [0.3, 0.4) is 0 Å². The second-order valence-corrected chi connectivity index (χ2v) is 15.3. The van der Waals surface area contributed by atoms with E-state index in [2.05, 4.69) is 115 Å². The first-order valence-electron chi connectivity index (χ1n) is 19.4. The third kappa shape index (κ3) is 5.09. The topological polar surface area (TPSA) is 75.6 Å². The second-order valence-electron chi connectivity index (χ2n) is 15.3. The Morgan fingerprint density at radius 3 is 2.02 bits per heavy atom. The number of nitrogens with zero attached hydrogens (tertiary/aromatic N) is 4. The van der Waals surface area contributed by atoms with Crippen molar-refractivity contribution in [3.8, 4) is 51.4 Å². The van der Waals surface area contributed by atoms with E-state index in [1.807, 2.05) is 24.3 Å². The standard InChI is InChI=1S/C50H36N4O/c51-30-31-15-23-39-42-13-8-12-38(46(42)50(43(39)27-31)25-6-1-7-26-50)33-17-19-34(20-18-33)47-52-48(36-21-16-32-9-2-3-10-35(32)28-36)54-49(53-47)37-22-24-41-40-11-4-5-14-44(40)55-45(41)29-37/h2-5,8-14,16-22,24,27-29H,1,6-7,15,23,25-26H2. The van der Waals surface area contributed by atoms with Gasteiger partial charge in [0.1, 0.15) is 11.2 Å². The average molecular weight is 709 g/mol. The molecule has 0 N–H and O–H groups in total. The monoisotopic (exact) mass is 708 g/mol. The Bertz CT molecular complexity index is 2970. The van der Waals surface area contributed by atoms with Crippen molar-refractivity contribution in [1.29, 1.82) is 5.26 Å². The number of nitriles is 1. The molecule has 0 atom stereocenters. The molecule has 1 fully saturated rings. The van der Waals surface area contributed by atoms with Crippen molar-refractivity contribution in [3.05, 3.63) is 156 Å². The van der Waals surface area contributed by atoms with Crippen LogP contribution in [0, 0.1) is 11.3 Å². The van der Waals surface area contributed by atoms with Crippen molar-refractivity contribution in [2.75, 3.05) is 0 Å². The van der Waals surface area contributed by atoms with E-state index >= 15 is 0 Å². The molecule has 2 heterocycles. The molecule has 0 radical (unpaired) electrons. The summed E-state index contributed by atoms with van der Waals surface area (Å²) in [6, 6.07) is 47.2. The highest BCUT2D eigenvalue weighted by Crippen LogP contribution is 2.59. The highest BCUT2D eigenvalue weighted by atomic mass is 16.3. The van der Waals surface area contributed by atoms with Crippen molar-refractivity contribution in [2.24, 2.45) is 0 Å². The van der Waals surface area contributed by atoms with E-state index in [4.69, 9.17) is 19.4 Å². The molecule has 2 aromatic heterocycles. The molecule has 3 aliphatic carbocycles. The van der Waals surface area contributed by atoms with Gasteiger partial charge in [0.05, 0.1) is 6.07 Å². The van der Waals surface area contributed by atoms with E-state index in [1.54, 1.807) is 0 Å². The molecular weight excluding hydrogens is 673 g/mol. The summed E-state index contributed by atoms with van der Waals surface area (Å²) < 4.78 is 6.27. The summed E-state index contributed by atoms with van der Waals surface area (Å²) in [4.78, 5) is 15.3. The maximum atomic E-state index is 9.88. The van der Waals surface area contributed by atoms with Crippen LogP contribution in [0.25, 0.3) is 83.6 Å². The highest BCUT2D eigenvalue weighted by Gasteiger charge is 2.46. The first-order valence-corrected chi connectivity index (χ1v) is 19.4. The van der Waals surface area contributed by atoms with Crippen LogP contribution in [0.2, 0.25) is 0 Å². The predicted molar refractivity (Wildman–Crippen MR) is 221 cm³/mol. The lowest BCUT2D eigenvalue weighted by atomic mass is 9.65. The van der Waals surface area contributed by atoms with Gasteiger partial charge in [-0.3, -0.25) is 0 Å². The van der Waals surface area contributed by atoms with Crippen molar-refractivity contribution >= 4 is 38.3 Å². The first-order chi connectivity index (χ1) is 27.1. The molecule has 5 nitrogen and oxygen atoms in total. The zero-order valence-corrected chi connectivity index (χ0v) is 30.3. The molecule has 0 amide bonds. The van der Waals surface area contributed by atoms with Crippen LogP contribution < -0.4 is 0 Å². The van der Waals surface area contributed by atoms with Crippen LogP contribution in [0.15, 0.2) is 149 Å². The molecule has 262 valence electrons. The smallest absolute Gasteiger partial charge is 0.164 e. The van der Waals surface area contributed by atoms with Gasteiger partial charge in [-0.05, 0) is 100 Å². The number of rotatable bonds is 4. The predicted octanol–water partition coefficient (Wildman–Crippen LogP) is 12.8. The van der Waals surface area contributed by atoms with Gasteiger partial charge in [-0.25, -0.2) is 15.0 Å². The van der Waals surface area contributed by atoms with E-state index in [1.165, 1.54) is 58.0 Å². The molecule has 0 bridgehead atoms. The minimum atomic E-state index is -0.0283. The summed E-state index contributed by atoms with van der Waals surface area (Å²) in [5, 5.41) is 14.4. The summed E-state index contributed by atoms with van der Waals surface area (Å²) >= 11 is 0. The van der Waals surface area contributed by atoms with Crippen LogP contribution in [0.4, 0.5) is 0 Å². The largest absolute Gasteiger partial charge is 0.456 e. The summed E-state index contributed by atoms with van der Waals surface area (Å²) in [6.45, 7) is 0. The molecule has 5 heteroatoms. The third-order valence-electron chi connectivity index (χ3n) is 12.3. The third-order valence-corrected chi connectivity index (χ3v) is 12.3. The molecular formula is C50H36N4O. The Morgan fingerprint density at radius 2 is 1.20 bits per heavy atom. The molecule has 0 unspecified atom stereocenters. The van der Waals surface area contributed by atoms with Gasteiger partial charge in [0.2, 0.25) is 0 Å². The number of hydrogen-bond donors (Lipinski definition) is 0. The number of aromatic nitrogens is 3. The quantitative estimate of drug-likeness (QED) is 0.182. The van der Waals surface area contributed by atoms with Crippen molar-refractivity contribution in [1.82, 2.24) is 15.0 Å². The fraction of sp³-hybridized carbons (Fsp3) is 0.160. The lowest BCUT2D eigenvalue weighted by Gasteiger charge is -2.38. The zero-order chi connectivity index (χ0) is 36.5. The van der Waals surface area contributed by atoms with Crippen molar-refractivity contribution in [3.63, 3.8) is 0 Å². The van der Waals surface area contributed by atoms with Gasteiger partial charge in [0.15, 0.2) is 17.5 Å². The molecule has 55 heavy (non-hydrogen) atoms. The fourth-order valence-corrected chi connectivity index (χ4v) is 9.65. The number of para-hydroxylation sites is 1. The maximum Gasteiger partial charge on any atom is 0.164 e. The lowest BCUT2D eigenvalue weighted by molar-refractivity contribution is 0.350. The van der Waals surface area contributed by atoms with Crippen molar-refractivity contribution < 1.29 is 4.42 Å². The fourth-order valence-electron chi connectivity index (χ4n) is 9.65. The van der Waals surface area contributed by atoms with Gasteiger partial charge >= 0.3 is 0 Å². The Kier molecular flexibility index (Phi) is 7.22. The first kappa shape index (κ1) is 31.8. The average Bonchev–Trinajstić information content (AvgIpc) is 3.76. The van der Waals surface area contributed by atoms with Crippen LogP contribution >= 0.6 is 0 Å². The molecule has 8 aromatic rings. The lowest BCUT2D eigenvalue weighted by Crippen LogP contribution is -2.30. The summed E-state index contributed by atoms with van der Waals surface area (Å²) in [6.07, 6.45) is 9.97. The number of benzene rings is 6. The van der Waals surface area contributed by atoms with Gasteiger partial charge in [0, 0.05) is 38.5 Å². The Labute approximate surface area is 319 Å². The zero-order valence-electron chi connectivity index (χ0n) is 30.3. The van der Waals surface area contributed by atoms with Gasteiger partial charge < -0.3 is 4.42 Å². The SMILES string of the molecule is N#CC1=CC2=C(CC1)c1cccc(-c3ccc(-c4nc(-c5ccc6ccccc6c5)nc(-c5ccc6c(c5)oc5ccccc56)n4)cc3)c1C21CCCCC1. The summed E-state index contributed by atoms with van der Waals surface area (Å²) in [5.74, 6) is 1.85. The molecule has 0 saturated heterocycles. The summed E-state index contributed by atoms with van der Waals surface area (Å²) in [5.41, 5.74) is 13.5. The number of allylic oxidation sites excluding steroid dienone is 4. The minimum absolute atomic E-state index is 0.0283. The van der Waals surface area contributed by atoms with Crippen LogP contribution in [0.5, 0.6) is 0 Å². The number of fused-ring (bicyclic) bond motifs is 8. The Balaban J connectivity index is 1.03. The second kappa shape index (κ2) is 12.5. The molecule has 1 saturated carbocycles. The van der Waals surface area contributed by atoms with Crippen LogP contribution in [0.1, 0.15) is 56.1 Å². The highest BCUT2D eigenvalue weighted by molar-refractivity contribution is 6.05. The molecule has 0 aliphatic heterocycles. The van der Waals surface area contributed by atoms with E-state index in [0.29, 0.717) is 17.5 Å². The van der Waals surface area contributed by atoms with Crippen LogP contribution in [-0.4, -0.2) is 15.0 Å². The van der Waals surface area contributed by atoms with Gasteiger partial charge in [-0.2, -0.15) is 5.26 Å². The minimum Gasteiger partial charge on any atom is -0.456 e. The van der Waals surface area contributed by atoms with E-state index in [0.717, 1.165) is 75.3 Å². The van der Waals surface area contributed by atoms with Gasteiger partial charge in [-0.15, -0.1) is 0 Å². The molecule has 6 aromatic carbocycles. The number of hydrogen-bond acceptors (Lipinski definition) is 5. The Hall–Kier alpha value is -6.64. The molecule has 1 spiro atoms. The van der Waals surface area contributed by atoms with E-state index in [9.17, 15) is 5.26 Å². The van der Waals surface area contributed by atoms with Crippen LogP contribution in [-0.2, 0) is 5.41 Å². The summed E-state index contributed by atoms with van der Waals surface area (Å²) in [7, 11) is 0. The van der Waals surface area contributed by atoms with Gasteiger partial charge in [0.25, 0.3) is 0 Å². The van der Waals surface area contributed by atoms with E-state index < -0.39 is 0 Å². The molecule has 3 aliphatic rings. The maximum absolute atomic E-state index is 9.88. The van der Waals surface area contributed by atoms with Crippen molar-refractivity contribution in [2.45, 2.75) is 50.4 Å². The van der Waals surface area contributed by atoms with Gasteiger partial charge in [-0.1, -0.05) is 122 Å². The van der Waals surface area contributed by atoms with E-state index in [-0.39, 0.29) is 5.41 Å². The normalized spacial score (nSPS) is 16.0. The Morgan fingerprint density at radius 1 is 0.545 bits per heavy atom. The number of furan rings is 1. The molecule has 11 rings (SSSR count).